The topological polar surface area (TPSA) is 30.7 Å². The van der Waals surface area contributed by atoms with Gasteiger partial charge in [0.1, 0.15) is 0 Å². The molecule has 0 spiro atoms. The van der Waals surface area contributed by atoms with Crippen LogP contribution in [-0.4, -0.2) is 14.8 Å². The Morgan fingerprint density at radius 2 is 1.46 bits per heavy atom. The van der Waals surface area contributed by atoms with E-state index in [4.69, 9.17) is 10.1 Å². The molecule has 4 heteroatoms. The van der Waals surface area contributed by atoms with E-state index in [2.05, 4.69) is 131 Å². The van der Waals surface area contributed by atoms with Crippen LogP contribution in [0.5, 0.6) is 0 Å². The Kier molecular flexibility index (Phi) is 7.39. The number of nitrogens with zero attached hydrogens (tertiary/aromatic N) is 3. The molecular weight excluding hydrogens is 542 g/mol. The summed E-state index contributed by atoms with van der Waals surface area (Å²) in [7, 11) is 0. The molecule has 0 aliphatic heterocycles. The van der Waals surface area contributed by atoms with Crippen LogP contribution >= 0.6 is 15.9 Å². The minimum atomic E-state index is 0.196. The van der Waals surface area contributed by atoms with Gasteiger partial charge >= 0.3 is 0 Å². The Morgan fingerprint density at radius 3 is 1.97 bits per heavy atom. The van der Waals surface area contributed by atoms with E-state index >= 15 is 0 Å². The van der Waals surface area contributed by atoms with E-state index in [0.717, 1.165) is 28.1 Å². The van der Waals surface area contributed by atoms with Crippen LogP contribution in [0.3, 0.4) is 0 Å². The Balaban J connectivity index is 1.88. The number of aryl methyl sites for hydroxylation is 3. The molecular formula is C35H42BrN3. The Hall–Kier alpha value is -2.72. The second kappa shape index (κ2) is 10.4. The number of halogens is 1. The minimum absolute atomic E-state index is 0.196. The highest BCUT2D eigenvalue weighted by molar-refractivity contribution is 9.10. The summed E-state index contributed by atoms with van der Waals surface area (Å²) in [6.07, 6.45) is 2.34. The standard InChI is InChI=1S/C35H42BrN3/c1-10-35(19-25(35)9)31-12-11-27(36)18-30(31)34-37-33(26-14-22(6)13-23(7)15-26)38-39(34)32-28(20(2)3)16-24(8)17-29(32)21(4)5/h11-18,20-21,25H,10,19H2,1-9H3. The van der Waals surface area contributed by atoms with Crippen LogP contribution in [-0.2, 0) is 5.41 Å². The van der Waals surface area contributed by atoms with Crippen LogP contribution in [0.4, 0.5) is 0 Å². The maximum absolute atomic E-state index is 5.37. The van der Waals surface area contributed by atoms with E-state index in [-0.39, 0.29) is 5.41 Å². The average Bonchev–Trinajstić information content (AvgIpc) is 3.33. The van der Waals surface area contributed by atoms with Gasteiger partial charge in [0.15, 0.2) is 11.6 Å². The smallest absolute Gasteiger partial charge is 0.182 e. The average molecular weight is 585 g/mol. The monoisotopic (exact) mass is 583 g/mol. The highest BCUT2D eigenvalue weighted by Gasteiger charge is 2.52. The van der Waals surface area contributed by atoms with Crippen LogP contribution in [0, 0.1) is 26.7 Å². The molecule has 0 radical (unpaired) electrons. The molecule has 0 amide bonds. The highest BCUT2D eigenvalue weighted by Crippen LogP contribution is 2.58. The SMILES string of the molecule is CCC1(c2ccc(Br)cc2-c2nc(-c3cc(C)cc(C)c3)nn2-c2c(C(C)C)cc(C)cc2C(C)C)CC1C. The zero-order valence-corrected chi connectivity index (χ0v) is 26.6. The fourth-order valence-electron chi connectivity index (χ4n) is 6.51. The minimum Gasteiger partial charge on any atom is -0.212 e. The second-order valence-corrected chi connectivity index (χ2v) is 13.4. The van der Waals surface area contributed by atoms with Gasteiger partial charge in [-0.3, -0.25) is 0 Å². The fraction of sp³-hybridized carbons (Fsp3) is 0.429. The number of hydrogen-bond donors (Lipinski definition) is 0. The van der Waals surface area contributed by atoms with Gasteiger partial charge in [-0.2, -0.15) is 0 Å². The summed E-state index contributed by atoms with van der Waals surface area (Å²) in [6, 6.07) is 18.1. The molecule has 3 nitrogen and oxygen atoms in total. The summed E-state index contributed by atoms with van der Waals surface area (Å²) >= 11 is 3.80. The van der Waals surface area contributed by atoms with E-state index < -0.39 is 0 Å². The van der Waals surface area contributed by atoms with E-state index in [1.54, 1.807) is 0 Å². The summed E-state index contributed by atoms with van der Waals surface area (Å²) < 4.78 is 3.25. The molecule has 0 bridgehead atoms. The van der Waals surface area contributed by atoms with Crippen molar-refractivity contribution in [3.8, 4) is 28.5 Å². The summed E-state index contributed by atoms with van der Waals surface area (Å²) in [5.41, 5.74) is 11.4. The Labute approximate surface area is 243 Å². The van der Waals surface area contributed by atoms with Crippen LogP contribution < -0.4 is 0 Å². The first kappa shape index (κ1) is 27.8. The molecule has 5 rings (SSSR count). The molecule has 2 unspecified atom stereocenters. The van der Waals surface area contributed by atoms with E-state index in [1.807, 2.05) is 0 Å². The molecule has 1 saturated carbocycles. The number of hydrogen-bond acceptors (Lipinski definition) is 2. The first-order valence-corrected chi connectivity index (χ1v) is 15.3. The molecule has 1 aliphatic carbocycles. The number of aromatic nitrogens is 3. The van der Waals surface area contributed by atoms with Crippen molar-refractivity contribution in [2.24, 2.45) is 5.92 Å². The lowest BCUT2D eigenvalue weighted by Crippen LogP contribution is -2.14. The van der Waals surface area contributed by atoms with Crippen molar-refractivity contribution in [1.82, 2.24) is 14.8 Å². The lowest BCUT2D eigenvalue weighted by molar-refractivity contribution is 0.607. The molecule has 0 N–H and O–H groups in total. The van der Waals surface area contributed by atoms with E-state index in [0.29, 0.717) is 17.8 Å². The largest absolute Gasteiger partial charge is 0.212 e. The first-order valence-electron chi connectivity index (χ1n) is 14.5. The maximum Gasteiger partial charge on any atom is 0.182 e. The van der Waals surface area contributed by atoms with Gasteiger partial charge in [0, 0.05) is 15.6 Å². The number of benzene rings is 3. The van der Waals surface area contributed by atoms with Gasteiger partial charge in [-0.15, -0.1) is 5.10 Å². The zero-order chi connectivity index (χ0) is 28.2. The van der Waals surface area contributed by atoms with Crippen LogP contribution in [0.15, 0.2) is 53.0 Å². The molecule has 1 aromatic heterocycles. The molecule has 2 atom stereocenters. The molecule has 1 aliphatic rings. The summed E-state index contributed by atoms with van der Waals surface area (Å²) in [4.78, 5) is 5.37. The van der Waals surface area contributed by atoms with Gasteiger partial charge < -0.3 is 0 Å². The molecule has 1 fully saturated rings. The van der Waals surface area contributed by atoms with Crippen molar-refractivity contribution < 1.29 is 0 Å². The quantitative estimate of drug-likeness (QED) is 0.216. The molecule has 204 valence electrons. The third-order valence-electron chi connectivity index (χ3n) is 8.70. The summed E-state index contributed by atoms with van der Waals surface area (Å²) in [5, 5.41) is 5.33. The van der Waals surface area contributed by atoms with Gasteiger partial charge in [0.25, 0.3) is 0 Å². The van der Waals surface area contributed by atoms with E-state index in [9.17, 15) is 0 Å². The van der Waals surface area contributed by atoms with Crippen LogP contribution in [0.25, 0.3) is 28.5 Å². The third kappa shape index (κ3) is 5.01. The molecule has 0 saturated heterocycles. The maximum atomic E-state index is 5.37. The Morgan fingerprint density at radius 1 is 0.897 bits per heavy atom. The zero-order valence-electron chi connectivity index (χ0n) is 25.0. The van der Waals surface area contributed by atoms with Crippen molar-refractivity contribution >= 4 is 15.9 Å². The predicted molar refractivity (Wildman–Crippen MR) is 168 cm³/mol. The normalized spacial score (nSPS) is 18.8. The Bertz CT molecular complexity index is 1490. The lowest BCUT2D eigenvalue weighted by Gasteiger charge is -2.23. The van der Waals surface area contributed by atoms with Crippen molar-refractivity contribution in [2.75, 3.05) is 0 Å². The molecule has 39 heavy (non-hydrogen) atoms. The molecule has 1 heterocycles. The lowest BCUT2D eigenvalue weighted by atomic mass is 9.86. The fourth-order valence-corrected chi connectivity index (χ4v) is 6.87. The second-order valence-electron chi connectivity index (χ2n) is 12.5. The van der Waals surface area contributed by atoms with Gasteiger partial charge in [0.2, 0.25) is 0 Å². The van der Waals surface area contributed by atoms with Gasteiger partial charge in [-0.05, 0) is 97.7 Å². The third-order valence-corrected chi connectivity index (χ3v) is 9.19. The van der Waals surface area contributed by atoms with Gasteiger partial charge in [-0.25, -0.2) is 9.67 Å². The molecule has 4 aromatic rings. The predicted octanol–water partition coefficient (Wildman–Crippen LogP) is 10.2. The van der Waals surface area contributed by atoms with Crippen molar-refractivity contribution in [3.63, 3.8) is 0 Å². The summed E-state index contributed by atoms with van der Waals surface area (Å²) in [5.74, 6) is 3.08. The summed E-state index contributed by atoms with van der Waals surface area (Å²) in [6.45, 7) is 20.3. The molecule has 3 aromatic carbocycles. The highest BCUT2D eigenvalue weighted by atomic mass is 79.9. The van der Waals surface area contributed by atoms with Crippen LogP contribution in [0.1, 0.15) is 99.6 Å². The number of rotatable bonds is 7. The van der Waals surface area contributed by atoms with E-state index in [1.165, 1.54) is 51.1 Å². The van der Waals surface area contributed by atoms with Crippen molar-refractivity contribution in [3.05, 3.63) is 86.4 Å². The van der Waals surface area contributed by atoms with Gasteiger partial charge in [0.05, 0.1) is 5.69 Å². The van der Waals surface area contributed by atoms with Crippen LogP contribution in [0.2, 0.25) is 0 Å². The first-order chi connectivity index (χ1) is 18.4. The van der Waals surface area contributed by atoms with Crippen molar-refractivity contribution in [2.45, 2.75) is 92.4 Å². The van der Waals surface area contributed by atoms with Crippen molar-refractivity contribution in [1.29, 1.82) is 0 Å². The van der Waals surface area contributed by atoms with Gasteiger partial charge in [-0.1, -0.05) is 98.4 Å².